The summed E-state index contributed by atoms with van der Waals surface area (Å²) in [6.07, 6.45) is 3.36. The number of aromatic nitrogens is 1. The molecule has 0 N–H and O–H groups in total. The molecule has 0 bridgehead atoms. The van der Waals surface area contributed by atoms with Crippen LogP contribution in [0.5, 0.6) is 0 Å². The molecule has 0 aliphatic carbocycles. The Bertz CT molecular complexity index is 462. The lowest BCUT2D eigenvalue weighted by Crippen LogP contribution is -2.28. The van der Waals surface area contributed by atoms with Gasteiger partial charge >= 0.3 is 5.97 Å². The fraction of sp³-hybridized carbons (Fsp3) is 0.333. The van der Waals surface area contributed by atoms with Crippen LogP contribution in [-0.2, 0) is 16.1 Å². The maximum absolute atomic E-state index is 12.5. The molecule has 0 amide bonds. The van der Waals surface area contributed by atoms with Crippen molar-refractivity contribution in [3.8, 4) is 0 Å². The number of hydrogen-bond acceptors (Lipinski definition) is 4. The number of rotatable bonds is 5. The van der Waals surface area contributed by atoms with Crippen LogP contribution in [0, 0.1) is 0 Å². The molecule has 2 rings (SSSR count). The first kappa shape index (κ1) is 13.0. The van der Waals surface area contributed by atoms with Gasteiger partial charge in [-0.1, -0.05) is 6.07 Å². The number of esters is 1. The molecule has 0 fully saturated rings. The van der Waals surface area contributed by atoms with Gasteiger partial charge in [0.05, 0.1) is 0 Å². The Morgan fingerprint density at radius 3 is 2.89 bits per heavy atom. The maximum atomic E-state index is 12.5. The molecule has 0 saturated carbocycles. The number of halogens is 2. The van der Waals surface area contributed by atoms with Crippen molar-refractivity contribution in [2.45, 2.75) is 6.54 Å². The molecule has 18 heavy (non-hydrogen) atoms. The van der Waals surface area contributed by atoms with Gasteiger partial charge < -0.3 is 9.64 Å². The van der Waals surface area contributed by atoms with E-state index in [9.17, 15) is 9.18 Å². The molecular formula is C12H12BrFN2O2. The lowest BCUT2D eigenvalue weighted by molar-refractivity contribution is -0.137. The van der Waals surface area contributed by atoms with Gasteiger partial charge in [0.25, 0.3) is 0 Å². The molecule has 0 radical (unpaired) electrons. The summed E-state index contributed by atoms with van der Waals surface area (Å²) in [6, 6.07) is 3.69. The average molecular weight is 315 g/mol. The van der Waals surface area contributed by atoms with Crippen LogP contribution in [0.15, 0.2) is 34.7 Å². The summed E-state index contributed by atoms with van der Waals surface area (Å²) in [5.41, 5.74) is 1.34. The maximum Gasteiger partial charge on any atom is 0.354 e. The summed E-state index contributed by atoms with van der Waals surface area (Å²) in [5, 5.41) is 0. The molecule has 1 aromatic rings. The second-order valence-corrected chi connectivity index (χ2v) is 4.60. The van der Waals surface area contributed by atoms with E-state index in [1.807, 2.05) is 12.1 Å². The summed E-state index contributed by atoms with van der Waals surface area (Å²) < 4.78 is 18.1. The van der Waals surface area contributed by atoms with Gasteiger partial charge in [-0.15, -0.1) is 0 Å². The molecule has 96 valence electrons. The first-order valence-corrected chi connectivity index (χ1v) is 6.28. The third-order valence-electron chi connectivity index (χ3n) is 2.56. The van der Waals surface area contributed by atoms with Crippen molar-refractivity contribution in [1.82, 2.24) is 9.88 Å². The smallest absolute Gasteiger partial charge is 0.354 e. The Balaban J connectivity index is 2.11. The number of ether oxygens (including phenoxy) is 1. The standard InChI is InChI=1S/C12H12BrFN2O2/c13-11-2-1-9(7-15-11)8-16(5-4-14)10-3-6-18-12(10)17/h1-3,7H,4-6,8H2. The minimum absolute atomic E-state index is 0.164. The van der Waals surface area contributed by atoms with Crippen molar-refractivity contribution in [1.29, 1.82) is 0 Å². The van der Waals surface area contributed by atoms with E-state index in [1.54, 1.807) is 17.2 Å². The van der Waals surface area contributed by atoms with Crippen molar-refractivity contribution >= 4 is 21.9 Å². The van der Waals surface area contributed by atoms with Gasteiger partial charge in [0, 0.05) is 19.3 Å². The zero-order chi connectivity index (χ0) is 13.0. The van der Waals surface area contributed by atoms with Crippen molar-refractivity contribution in [3.05, 3.63) is 40.3 Å². The Kier molecular flexibility index (Phi) is 4.30. The van der Waals surface area contributed by atoms with Gasteiger partial charge in [-0.3, -0.25) is 0 Å². The molecule has 4 nitrogen and oxygen atoms in total. The van der Waals surface area contributed by atoms with Gasteiger partial charge in [-0.2, -0.15) is 0 Å². The number of hydrogen-bond donors (Lipinski definition) is 0. The average Bonchev–Trinajstić information content (AvgIpc) is 2.78. The zero-order valence-electron chi connectivity index (χ0n) is 9.60. The Labute approximate surface area is 113 Å². The molecule has 0 saturated heterocycles. The fourth-order valence-electron chi connectivity index (χ4n) is 1.72. The molecule has 2 heterocycles. The largest absolute Gasteiger partial charge is 0.457 e. The normalized spacial score (nSPS) is 14.3. The monoisotopic (exact) mass is 314 g/mol. The number of alkyl halides is 1. The van der Waals surface area contributed by atoms with E-state index in [-0.39, 0.29) is 13.2 Å². The van der Waals surface area contributed by atoms with E-state index < -0.39 is 12.6 Å². The number of carbonyl (C=O) groups excluding carboxylic acids is 1. The number of nitrogens with zero attached hydrogens (tertiary/aromatic N) is 2. The number of cyclic esters (lactones) is 1. The molecule has 1 aliphatic rings. The summed E-state index contributed by atoms with van der Waals surface area (Å²) >= 11 is 3.25. The van der Waals surface area contributed by atoms with E-state index in [4.69, 9.17) is 4.74 Å². The van der Waals surface area contributed by atoms with E-state index in [0.29, 0.717) is 12.2 Å². The van der Waals surface area contributed by atoms with Crippen molar-refractivity contribution in [2.24, 2.45) is 0 Å². The van der Waals surface area contributed by atoms with E-state index in [2.05, 4.69) is 20.9 Å². The molecular weight excluding hydrogens is 303 g/mol. The lowest BCUT2D eigenvalue weighted by atomic mass is 10.2. The molecule has 0 atom stereocenters. The predicted molar refractivity (Wildman–Crippen MR) is 67.4 cm³/mol. The Morgan fingerprint density at radius 2 is 2.33 bits per heavy atom. The highest BCUT2D eigenvalue weighted by molar-refractivity contribution is 9.10. The van der Waals surface area contributed by atoms with Crippen LogP contribution in [0.3, 0.4) is 0 Å². The highest BCUT2D eigenvalue weighted by Gasteiger charge is 2.23. The summed E-state index contributed by atoms with van der Waals surface area (Å²) in [6.45, 7) is 0.340. The highest BCUT2D eigenvalue weighted by Crippen LogP contribution is 2.17. The van der Waals surface area contributed by atoms with Crippen molar-refractivity contribution < 1.29 is 13.9 Å². The molecule has 6 heteroatoms. The molecule has 1 aromatic heterocycles. The first-order valence-electron chi connectivity index (χ1n) is 5.49. The minimum atomic E-state index is -0.519. The van der Waals surface area contributed by atoms with Crippen LogP contribution in [0.2, 0.25) is 0 Å². The first-order chi connectivity index (χ1) is 8.70. The second kappa shape index (κ2) is 5.95. The van der Waals surface area contributed by atoms with Gasteiger partial charge in [0.1, 0.15) is 23.6 Å². The highest BCUT2D eigenvalue weighted by atomic mass is 79.9. The van der Waals surface area contributed by atoms with Gasteiger partial charge in [0.15, 0.2) is 0 Å². The Hall–Kier alpha value is -1.43. The SMILES string of the molecule is O=C1OCC=C1N(CCF)Cc1ccc(Br)nc1. The Morgan fingerprint density at radius 1 is 1.50 bits per heavy atom. The molecule has 1 aliphatic heterocycles. The minimum Gasteiger partial charge on any atom is -0.457 e. The summed E-state index contributed by atoms with van der Waals surface area (Å²) in [4.78, 5) is 17.2. The number of pyridine rings is 1. The third kappa shape index (κ3) is 3.07. The zero-order valence-corrected chi connectivity index (χ0v) is 11.2. The van der Waals surface area contributed by atoms with E-state index in [0.717, 1.165) is 10.2 Å². The van der Waals surface area contributed by atoms with Crippen LogP contribution in [-0.4, -0.2) is 35.7 Å². The molecule has 0 spiro atoms. The fourth-order valence-corrected chi connectivity index (χ4v) is 1.95. The van der Waals surface area contributed by atoms with Crippen LogP contribution in [0.4, 0.5) is 4.39 Å². The summed E-state index contributed by atoms with van der Waals surface area (Å²) in [7, 11) is 0. The van der Waals surface area contributed by atoms with E-state index >= 15 is 0 Å². The van der Waals surface area contributed by atoms with Gasteiger partial charge in [-0.25, -0.2) is 14.2 Å². The van der Waals surface area contributed by atoms with Crippen molar-refractivity contribution in [3.63, 3.8) is 0 Å². The van der Waals surface area contributed by atoms with Crippen LogP contribution in [0.1, 0.15) is 5.56 Å². The van der Waals surface area contributed by atoms with Crippen LogP contribution < -0.4 is 0 Å². The third-order valence-corrected chi connectivity index (χ3v) is 3.03. The summed E-state index contributed by atoms with van der Waals surface area (Å²) in [5.74, 6) is -0.395. The van der Waals surface area contributed by atoms with Crippen LogP contribution >= 0.6 is 15.9 Å². The number of carbonyl (C=O) groups is 1. The van der Waals surface area contributed by atoms with Gasteiger partial charge in [0.2, 0.25) is 0 Å². The predicted octanol–water partition coefficient (Wildman–Crippen LogP) is 2.06. The topological polar surface area (TPSA) is 42.4 Å². The van der Waals surface area contributed by atoms with Crippen molar-refractivity contribution in [2.75, 3.05) is 19.8 Å². The van der Waals surface area contributed by atoms with Crippen LogP contribution in [0.25, 0.3) is 0 Å². The van der Waals surface area contributed by atoms with Gasteiger partial charge in [-0.05, 0) is 33.6 Å². The van der Waals surface area contributed by atoms with E-state index in [1.165, 1.54) is 0 Å². The second-order valence-electron chi connectivity index (χ2n) is 3.79. The molecule has 0 aromatic carbocycles. The lowest BCUT2D eigenvalue weighted by Gasteiger charge is -2.22. The molecule has 0 unspecified atom stereocenters. The quantitative estimate of drug-likeness (QED) is 0.616.